The van der Waals surface area contributed by atoms with Gasteiger partial charge in [-0.1, -0.05) is 12.1 Å². The van der Waals surface area contributed by atoms with Crippen molar-refractivity contribution in [3.8, 4) is 0 Å². The van der Waals surface area contributed by atoms with E-state index in [1.165, 1.54) is 11.1 Å². The van der Waals surface area contributed by atoms with Crippen LogP contribution in [0.1, 0.15) is 11.1 Å². The van der Waals surface area contributed by atoms with E-state index in [2.05, 4.69) is 36.3 Å². The Bertz CT molecular complexity index is 778. The Morgan fingerprint density at radius 1 is 0.950 bits per heavy atom. The molecule has 0 saturated heterocycles. The number of nitrogens with two attached hydrogens (primary N) is 1. The van der Waals surface area contributed by atoms with E-state index in [4.69, 9.17) is 5.73 Å². The van der Waals surface area contributed by atoms with E-state index >= 15 is 0 Å². The number of nitrogens with one attached hydrogen (secondary N) is 1. The summed E-state index contributed by atoms with van der Waals surface area (Å²) in [4.78, 5) is 4.31. The van der Waals surface area contributed by atoms with Crippen LogP contribution in [0.4, 0.5) is 17.1 Å². The van der Waals surface area contributed by atoms with Gasteiger partial charge in [-0.15, -0.1) is 0 Å². The SMILES string of the molecule is Cc1cccc(Nc2ccc3ncccc3c2N)c1C. The van der Waals surface area contributed by atoms with E-state index in [9.17, 15) is 0 Å². The predicted molar refractivity (Wildman–Crippen MR) is 85.4 cm³/mol. The molecule has 3 heteroatoms. The van der Waals surface area contributed by atoms with Gasteiger partial charge in [-0.3, -0.25) is 4.98 Å². The minimum atomic E-state index is 0.733. The van der Waals surface area contributed by atoms with E-state index < -0.39 is 0 Å². The van der Waals surface area contributed by atoms with Gasteiger partial charge in [-0.2, -0.15) is 0 Å². The van der Waals surface area contributed by atoms with Gasteiger partial charge >= 0.3 is 0 Å². The van der Waals surface area contributed by atoms with E-state index in [0.717, 1.165) is 28.0 Å². The maximum Gasteiger partial charge on any atom is 0.0724 e. The van der Waals surface area contributed by atoms with Crippen molar-refractivity contribution in [2.45, 2.75) is 13.8 Å². The Morgan fingerprint density at radius 3 is 2.65 bits per heavy atom. The summed E-state index contributed by atoms with van der Waals surface area (Å²) in [5.74, 6) is 0. The van der Waals surface area contributed by atoms with Gasteiger partial charge in [0, 0.05) is 17.3 Å². The largest absolute Gasteiger partial charge is 0.396 e. The standard InChI is InChI=1S/C17H17N3/c1-11-5-3-7-14(12(11)2)20-16-9-8-15-13(17(16)18)6-4-10-19-15/h3-10,20H,18H2,1-2H3. The number of pyridine rings is 1. The van der Waals surface area contributed by atoms with Crippen molar-refractivity contribution in [1.82, 2.24) is 4.98 Å². The second-order valence-corrected chi connectivity index (χ2v) is 4.97. The molecular weight excluding hydrogens is 246 g/mol. The van der Waals surface area contributed by atoms with E-state index in [0.29, 0.717) is 0 Å². The molecule has 1 heterocycles. The highest BCUT2D eigenvalue weighted by atomic mass is 14.9. The molecule has 2 aromatic carbocycles. The number of fused-ring (bicyclic) bond motifs is 1. The van der Waals surface area contributed by atoms with Crippen LogP contribution >= 0.6 is 0 Å². The molecule has 0 unspecified atom stereocenters. The fourth-order valence-corrected chi connectivity index (χ4v) is 2.32. The monoisotopic (exact) mass is 263 g/mol. The van der Waals surface area contributed by atoms with Crippen LogP contribution in [-0.4, -0.2) is 4.98 Å². The number of anilines is 3. The molecule has 0 saturated carbocycles. The van der Waals surface area contributed by atoms with Crippen LogP contribution in [-0.2, 0) is 0 Å². The van der Waals surface area contributed by atoms with Crippen molar-refractivity contribution < 1.29 is 0 Å². The summed E-state index contributed by atoms with van der Waals surface area (Å²) in [6.07, 6.45) is 1.78. The van der Waals surface area contributed by atoms with Gasteiger partial charge in [0.1, 0.15) is 0 Å². The highest BCUT2D eigenvalue weighted by molar-refractivity contribution is 5.97. The lowest BCUT2D eigenvalue weighted by molar-refractivity contribution is 1.33. The summed E-state index contributed by atoms with van der Waals surface area (Å²) in [6, 6.07) is 14.1. The van der Waals surface area contributed by atoms with Crippen LogP contribution in [0.3, 0.4) is 0 Å². The number of hydrogen-bond acceptors (Lipinski definition) is 3. The summed E-state index contributed by atoms with van der Waals surface area (Å²) < 4.78 is 0. The topological polar surface area (TPSA) is 50.9 Å². The Kier molecular flexibility index (Phi) is 3.03. The van der Waals surface area contributed by atoms with Gasteiger partial charge in [0.2, 0.25) is 0 Å². The fourth-order valence-electron chi connectivity index (χ4n) is 2.32. The molecule has 0 amide bonds. The average Bonchev–Trinajstić information content (AvgIpc) is 2.47. The van der Waals surface area contributed by atoms with Crippen molar-refractivity contribution in [2.24, 2.45) is 0 Å². The zero-order chi connectivity index (χ0) is 14.1. The summed E-state index contributed by atoms with van der Waals surface area (Å²) in [6.45, 7) is 4.21. The van der Waals surface area contributed by atoms with Gasteiger partial charge in [-0.25, -0.2) is 0 Å². The van der Waals surface area contributed by atoms with E-state index in [1.807, 2.05) is 30.3 Å². The lowest BCUT2D eigenvalue weighted by Gasteiger charge is -2.14. The van der Waals surface area contributed by atoms with Crippen molar-refractivity contribution in [3.63, 3.8) is 0 Å². The number of nitrogens with zero attached hydrogens (tertiary/aromatic N) is 1. The molecule has 1 aromatic heterocycles. The van der Waals surface area contributed by atoms with Crippen LogP contribution in [0.15, 0.2) is 48.7 Å². The lowest BCUT2D eigenvalue weighted by Crippen LogP contribution is -1.99. The highest BCUT2D eigenvalue weighted by Crippen LogP contribution is 2.31. The van der Waals surface area contributed by atoms with Gasteiger partial charge in [-0.05, 0) is 55.3 Å². The lowest BCUT2D eigenvalue weighted by atomic mass is 10.1. The first kappa shape index (κ1) is 12.5. The molecule has 0 atom stereocenters. The third-order valence-corrected chi connectivity index (χ3v) is 3.70. The van der Waals surface area contributed by atoms with Crippen molar-refractivity contribution >= 4 is 28.0 Å². The van der Waals surface area contributed by atoms with Crippen molar-refractivity contribution in [2.75, 3.05) is 11.1 Å². The fraction of sp³-hybridized carbons (Fsp3) is 0.118. The molecule has 3 aromatic rings. The number of rotatable bonds is 2. The molecule has 0 bridgehead atoms. The Labute approximate surface area is 118 Å². The summed E-state index contributed by atoms with van der Waals surface area (Å²) in [5.41, 5.74) is 12.4. The maximum absolute atomic E-state index is 6.25. The summed E-state index contributed by atoms with van der Waals surface area (Å²) in [7, 11) is 0. The molecular formula is C17H17N3. The van der Waals surface area contributed by atoms with Gasteiger partial charge in [0.15, 0.2) is 0 Å². The first-order valence-corrected chi connectivity index (χ1v) is 6.63. The van der Waals surface area contributed by atoms with Gasteiger partial charge < -0.3 is 11.1 Å². The van der Waals surface area contributed by atoms with Gasteiger partial charge in [0.25, 0.3) is 0 Å². The molecule has 0 aliphatic heterocycles. The van der Waals surface area contributed by atoms with Gasteiger partial charge in [0.05, 0.1) is 16.9 Å². The second-order valence-electron chi connectivity index (χ2n) is 4.97. The minimum absolute atomic E-state index is 0.733. The minimum Gasteiger partial charge on any atom is -0.396 e. The molecule has 20 heavy (non-hydrogen) atoms. The molecule has 0 aliphatic carbocycles. The van der Waals surface area contributed by atoms with E-state index in [1.54, 1.807) is 6.20 Å². The highest BCUT2D eigenvalue weighted by Gasteiger charge is 2.07. The third-order valence-electron chi connectivity index (χ3n) is 3.70. The van der Waals surface area contributed by atoms with Crippen molar-refractivity contribution in [1.29, 1.82) is 0 Å². The summed E-state index contributed by atoms with van der Waals surface area (Å²) >= 11 is 0. The number of nitrogen functional groups attached to an aromatic ring is 1. The molecule has 3 rings (SSSR count). The van der Waals surface area contributed by atoms with E-state index in [-0.39, 0.29) is 0 Å². The maximum atomic E-state index is 6.25. The Morgan fingerprint density at radius 2 is 1.80 bits per heavy atom. The molecule has 0 radical (unpaired) electrons. The van der Waals surface area contributed by atoms with Crippen molar-refractivity contribution in [3.05, 3.63) is 59.8 Å². The first-order chi connectivity index (χ1) is 9.66. The van der Waals surface area contributed by atoms with Crippen LogP contribution in [0.5, 0.6) is 0 Å². The number of aromatic nitrogens is 1. The Balaban J connectivity index is 2.07. The normalized spacial score (nSPS) is 10.7. The number of benzene rings is 2. The van der Waals surface area contributed by atoms with Crippen LogP contribution < -0.4 is 11.1 Å². The Hall–Kier alpha value is -2.55. The number of aryl methyl sites for hydroxylation is 1. The zero-order valence-corrected chi connectivity index (χ0v) is 11.6. The molecule has 0 aliphatic rings. The summed E-state index contributed by atoms with van der Waals surface area (Å²) in [5, 5.41) is 4.40. The molecule has 0 fully saturated rings. The predicted octanol–water partition coefficient (Wildman–Crippen LogP) is 4.18. The van der Waals surface area contributed by atoms with Crippen LogP contribution in [0.2, 0.25) is 0 Å². The molecule has 0 spiro atoms. The van der Waals surface area contributed by atoms with Crippen LogP contribution in [0, 0.1) is 13.8 Å². The quantitative estimate of drug-likeness (QED) is 0.682. The number of hydrogen-bond donors (Lipinski definition) is 2. The third kappa shape index (κ3) is 2.07. The first-order valence-electron chi connectivity index (χ1n) is 6.63. The molecule has 3 N–H and O–H groups in total. The zero-order valence-electron chi connectivity index (χ0n) is 11.6. The molecule has 3 nitrogen and oxygen atoms in total. The smallest absolute Gasteiger partial charge is 0.0724 e. The molecule has 100 valence electrons. The average molecular weight is 263 g/mol. The van der Waals surface area contributed by atoms with Crippen LogP contribution in [0.25, 0.3) is 10.9 Å². The second kappa shape index (κ2) is 4.85.